The Morgan fingerprint density at radius 1 is 1.04 bits per heavy atom. The van der Waals surface area contributed by atoms with E-state index in [9.17, 15) is 9.18 Å². The molecule has 2 aromatic carbocycles. The summed E-state index contributed by atoms with van der Waals surface area (Å²) in [5.74, 6) is -0.235. The number of carbonyl (C=O) groups is 1. The van der Waals surface area contributed by atoms with Crippen LogP contribution in [-0.2, 0) is 0 Å². The molecule has 1 aliphatic rings. The maximum absolute atomic E-state index is 13.0. The van der Waals surface area contributed by atoms with Crippen molar-refractivity contribution in [3.63, 3.8) is 0 Å². The molecule has 1 fully saturated rings. The predicted octanol–water partition coefficient (Wildman–Crippen LogP) is 3.94. The highest BCUT2D eigenvalue weighted by atomic mass is 79.9. The van der Waals surface area contributed by atoms with Gasteiger partial charge in [-0.1, -0.05) is 22.0 Å². The summed E-state index contributed by atoms with van der Waals surface area (Å²) in [6.07, 6.45) is 0. The second kappa shape index (κ2) is 7.00. The first kappa shape index (κ1) is 15.8. The first-order valence-corrected chi connectivity index (χ1v) is 8.23. The molecule has 120 valence electrons. The largest absolute Gasteiger partial charge is 0.368 e. The van der Waals surface area contributed by atoms with Gasteiger partial charge in [0, 0.05) is 42.0 Å². The standard InChI is InChI=1S/C17H17BrFN3O/c18-13-2-1-3-15(12-13)20-17(23)22-10-8-21(9-11-22)16-6-4-14(19)5-7-16/h1-7,12H,8-11H2,(H,20,23). The van der Waals surface area contributed by atoms with Gasteiger partial charge in [-0.2, -0.15) is 0 Å². The minimum atomic E-state index is -0.235. The number of hydrogen-bond acceptors (Lipinski definition) is 2. The fourth-order valence-corrected chi connectivity index (χ4v) is 2.99. The molecule has 0 saturated carbocycles. The van der Waals surface area contributed by atoms with Crippen molar-refractivity contribution in [3.05, 3.63) is 58.8 Å². The van der Waals surface area contributed by atoms with E-state index in [2.05, 4.69) is 26.1 Å². The summed E-state index contributed by atoms with van der Waals surface area (Å²) in [7, 11) is 0. The summed E-state index contributed by atoms with van der Waals surface area (Å²) >= 11 is 3.39. The molecule has 1 heterocycles. The molecule has 3 rings (SSSR count). The Morgan fingerprint density at radius 2 is 1.74 bits per heavy atom. The van der Waals surface area contributed by atoms with Crippen LogP contribution in [0.4, 0.5) is 20.6 Å². The van der Waals surface area contributed by atoms with E-state index in [0.717, 1.165) is 28.9 Å². The number of urea groups is 1. The number of amides is 2. The van der Waals surface area contributed by atoms with Crippen molar-refractivity contribution < 1.29 is 9.18 Å². The Balaban J connectivity index is 1.56. The summed E-state index contributed by atoms with van der Waals surface area (Å²) in [5, 5.41) is 2.90. The third-order valence-corrected chi connectivity index (χ3v) is 4.33. The molecule has 1 saturated heterocycles. The van der Waals surface area contributed by atoms with Crippen LogP contribution in [-0.4, -0.2) is 37.1 Å². The molecule has 0 radical (unpaired) electrons. The van der Waals surface area contributed by atoms with Crippen LogP contribution in [0.15, 0.2) is 53.0 Å². The fraction of sp³-hybridized carbons (Fsp3) is 0.235. The van der Waals surface area contributed by atoms with Gasteiger partial charge in [-0.3, -0.25) is 0 Å². The van der Waals surface area contributed by atoms with Crippen LogP contribution in [0.25, 0.3) is 0 Å². The Morgan fingerprint density at radius 3 is 2.39 bits per heavy atom. The van der Waals surface area contributed by atoms with E-state index in [0.29, 0.717) is 13.1 Å². The maximum Gasteiger partial charge on any atom is 0.321 e. The lowest BCUT2D eigenvalue weighted by atomic mass is 10.2. The van der Waals surface area contributed by atoms with Crippen LogP contribution in [0.2, 0.25) is 0 Å². The Hall–Kier alpha value is -2.08. The lowest BCUT2D eigenvalue weighted by Gasteiger charge is -2.36. The SMILES string of the molecule is O=C(Nc1cccc(Br)c1)N1CCN(c2ccc(F)cc2)CC1. The molecular formula is C17H17BrFN3O. The number of nitrogens with one attached hydrogen (secondary N) is 1. The molecule has 23 heavy (non-hydrogen) atoms. The van der Waals surface area contributed by atoms with E-state index < -0.39 is 0 Å². The van der Waals surface area contributed by atoms with Crippen LogP contribution in [0, 0.1) is 5.82 Å². The average molecular weight is 378 g/mol. The van der Waals surface area contributed by atoms with E-state index in [1.165, 1.54) is 12.1 Å². The van der Waals surface area contributed by atoms with Crippen molar-refractivity contribution in [3.8, 4) is 0 Å². The van der Waals surface area contributed by atoms with Gasteiger partial charge in [0.05, 0.1) is 0 Å². The Kier molecular flexibility index (Phi) is 4.81. The number of anilines is 2. The zero-order valence-corrected chi connectivity index (χ0v) is 14.1. The summed E-state index contributed by atoms with van der Waals surface area (Å²) in [5.41, 5.74) is 1.75. The van der Waals surface area contributed by atoms with Crippen molar-refractivity contribution in [1.82, 2.24) is 4.90 Å². The second-order valence-corrected chi connectivity index (χ2v) is 6.31. The zero-order chi connectivity index (χ0) is 16.2. The van der Waals surface area contributed by atoms with Crippen molar-refractivity contribution in [2.75, 3.05) is 36.4 Å². The van der Waals surface area contributed by atoms with Gasteiger partial charge in [0.15, 0.2) is 0 Å². The lowest BCUT2D eigenvalue weighted by Crippen LogP contribution is -2.50. The van der Waals surface area contributed by atoms with Crippen molar-refractivity contribution >= 4 is 33.3 Å². The maximum atomic E-state index is 13.0. The normalized spacial score (nSPS) is 14.7. The Bertz CT molecular complexity index is 684. The minimum absolute atomic E-state index is 0.0955. The molecule has 0 aliphatic carbocycles. The second-order valence-electron chi connectivity index (χ2n) is 5.39. The monoisotopic (exact) mass is 377 g/mol. The number of hydrogen-bond donors (Lipinski definition) is 1. The summed E-state index contributed by atoms with van der Waals surface area (Å²) in [6, 6.07) is 13.9. The lowest BCUT2D eigenvalue weighted by molar-refractivity contribution is 0.208. The molecule has 1 N–H and O–H groups in total. The first-order valence-electron chi connectivity index (χ1n) is 7.44. The van der Waals surface area contributed by atoms with E-state index in [1.54, 1.807) is 17.0 Å². The highest BCUT2D eigenvalue weighted by Gasteiger charge is 2.21. The molecule has 0 aromatic heterocycles. The molecule has 2 aromatic rings. The van der Waals surface area contributed by atoms with Crippen LogP contribution >= 0.6 is 15.9 Å². The van der Waals surface area contributed by atoms with Crippen LogP contribution < -0.4 is 10.2 Å². The average Bonchev–Trinajstić information content (AvgIpc) is 2.56. The van der Waals surface area contributed by atoms with Crippen LogP contribution in [0.5, 0.6) is 0 Å². The third kappa shape index (κ3) is 4.01. The van der Waals surface area contributed by atoms with Gasteiger partial charge < -0.3 is 15.1 Å². The number of piperazine rings is 1. The van der Waals surface area contributed by atoms with Gasteiger partial charge in [-0.15, -0.1) is 0 Å². The number of nitrogens with zero attached hydrogens (tertiary/aromatic N) is 2. The van der Waals surface area contributed by atoms with Crippen molar-refractivity contribution in [2.45, 2.75) is 0 Å². The molecular weight excluding hydrogens is 361 g/mol. The number of carbonyl (C=O) groups excluding carboxylic acids is 1. The third-order valence-electron chi connectivity index (χ3n) is 3.83. The quantitative estimate of drug-likeness (QED) is 0.859. The van der Waals surface area contributed by atoms with E-state index in [-0.39, 0.29) is 11.8 Å². The molecule has 0 spiro atoms. The predicted molar refractivity (Wildman–Crippen MR) is 93.3 cm³/mol. The molecule has 0 atom stereocenters. The fourth-order valence-electron chi connectivity index (χ4n) is 2.59. The molecule has 6 heteroatoms. The Labute approximate surface area is 143 Å². The highest BCUT2D eigenvalue weighted by Crippen LogP contribution is 2.19. The number of benzene rings is 2. The van der Waals surface area contributed by atoms with E-state index in [1.807, 2.05) is 24.3 Å². The van der Waals surface area contributed by atoms with E-state index >= 15 is 0 Å². The van der Waals surface area contributed by atoms with Gasteiger partial charge in [-0.05, 0) is 42.5 Å². The topological polar surface area (TPSA) is 35.6 Å². The number of halogens is 2. The summed E-state index contributed by atoms with van der Waals surface area (Å²) in [4.78, 5) is 16.2. The van der Waals surface area contributed by atoms with Crippen molar-refractivity contribution in [1.29, 1.82) is 0 Å². The molecule has 2 amide bonds. The minimum Gasteiger partial charge on any atom is -0.368 e. The molecule has 4 nitrogen and oxygen atoms in total. The summed E-state index contributed by atoms with van der Waals surface area (Å²) in [6.45, 7) is 2.74. The molecule has 1 aliphatic heterocycles. The van der Waals surface area contributed by atoms with Crippen LogP contribution in [0.1, 0.15) is 0 Å². The van der Waals surface area contributed by atoms with Crippen LogP contribution in [0.3, 0.4) is 0 Å². The zero-order valence-electron chi connectivity index (χ0n) is 12.5. The molecule has 0 unspecified atom stereocenters. The van der Waals surface area contributed by atoms with E-state index in [4.69, 9.17) is 0 Å². The number of rotatable bonds is 2. The van der Waals surface area contributed by atoms with Crippen molar-refractivity contribution in [2.24, 2.45) is 0 Å². The van der Waals surface area contributed by atoms with Gasteiger partial charge in [-0.25, -0.2) is 9.18 Å². The summed E-state index contributed by atoms with van der Waals surface area (Å²) < 4.78 is 13.9. The van der Waals surface area contributed by atoms with Gasteiger partial charge in [0.25, 0.3) is 0 Å². The van der Waals surface area contributed by atoms with Gasteiger partial charge in [0.2, 0.25) is 0 Å². The highest BCUT2D eigenvalue weighted by molar-refractivity contribution is 9.10. The smallest absolute Gasteiger partial charge is 0.321 e. The molecule has 0 bridgehead atoms. The van der Waals surface area contributed by atoms with Gasteiger partial charge in [0.1, 0.15) is 5.82 Å². The van der Waals surface area contributed by atoms with Gasteiger partial charge >= 0.3 is 6.03 Å². The first-order chi connectivity index (χ1) is 11.1.